The summed E-state index contributed by atoms with van der Waals surface area (Å²) in [7, 11) is 1.17. The first-order valence-electron chi connectivity index (χ1n) is 11.6. The van der Waals surface area contributed by atoms with Gasteiger partial charge in [-0.3, -0.25) is 9.48 Å². The Kier molecular flexibility index (Phi) is 7.63. The van der Waals surface area contributed by atoms with E-state index in [1.807, 2.05) is 67.6 Å². The number of anilines is 1. The van der Waals surface area contributed by atoms with Gasteiger partial charge in [-0.15, -0.1) is 0 Å². The van der Waals surface area contributed by atoms with E-state index in [2.05, 4.69) is 5.10 Å². The number of carbonyl (C=O) groups is 1. The van der Waals surface area contributed by atoms with Crippen molar-refractivity contribution >= 4 is 36.5 Å². The van der Waals surface area contributed by atoms with Crippen LogP contribution in [0.4, 0.5) is 24.5 Å². The number of fused-ring (bicyclic) bond motifs is 1. The minimum absolute atomic E-state index is 0. The number of carbonyl (C=O) groups excluding carboxylic acids is 1. The van der Waals surface area contributed by atoms with Crippen molar-refractivity contribution in [2.45, 2.75) is 19.1 Å². The van der Waals surface area contributed by atoms with Crippen molar-refractivity contribution in [1.29, 1.82) is 0 Å². The maximum absolute atomic E-state index is 13.7. The van der Waals surface area contributed by atoms with E-state index in [1.54, 1.807) is 10.9 Å². The fourth-order valence-corrected chi connectivity index (χ4v) is 4.44. The zero-order valence-electron chi connectivity index (χ0n) is 20.6. The molecule has 196 valence electrons. The van der Waals surface area contributed by atoms with Gasteiger partial charge in [0.1, 0.15) is 11.4 Å². The van der Waals surface area contributed by atoms with Crippen LogP contribution in [0.5, 0.6) is 5.75 Å². The molecule has 3 aromatic carbocycles. The number of methoxy groups -OCH3 is 1. The monoisotopic (exact) mass is 538 g/mol. The number of ether oxygens (including phenoxy) is 1. The van der Waals surface area contributed by atoms with Crippen molar-refractivity contribution in [2.24, 2.45) is 4.99 Å². The quantitative estimate of drug-likeness (QED) is 0.276. The van der Waals surface area contributed by atoms with Gasteiger partial charge in [0.15, 0.2) is 5.69 Å². The van der Waals surface area contributed by atoms with E-state index in [-0.39, 0.29) is 37.5 Å². The normalized spacial score (nSPS) is 14.9. The lowest BCUT2D eigenvalue weighted by molar-refractivity contribution is -0.138. The van der Waals surface area contributed by atoms with Crippen LogP contribution in [0.3, 0.4) is 0 Å². The molecule has 0 spiro atoms. The average molecular weight is 539 g/mol. The molecule has 5 rings (SSSR count). The summed E-state index contributed by atoms with van der Waals surface area (Å²) in [5.74, 6) is -0.755. The Morgan fingerprint density at radius 2 is 1.61 bits per heavy atom. The summed E-state index contributed by atoms with van der Waals surface area (Å²) in [5, 5.41) is 4.43. The first-order valence-corrected chi connectivity index (χ1v) is 11.6. The Morgan fingerprint density at radius 3 is 2.16 bits per heavy atom. The highest BCUT2D eigenvalue weighted by Crippen LogP contribution is 2.40. The van der Waals surface area contributed by atoms with Crippen LogP contribution >= 0.6 is 13.5 Å². The van der Waals surface area contributed by atoms with Gasteiger partial charge in [-0.05, 0) is 19.1 Å². The van der Waals surface area contributed by atoms with Crippen molar-refractivity contribution in [3.8, 4) is 5.75 Å². The largest absolute Gasteiger partial charge is 0.496 e. The number of amides is 1. The first kappa shape index (κ1) is 27.0. The molecular weight excluding hydrogens is 513 g/mol. The fourth-order valence-electron chi connectivity index (χ4n) is 4.44. The van der Waals surface area contributed by atoms with E-state index in [0.29, 0.717) is 17.1 Å². The van der Waals surface area contributed by atoms with Crippen molar-refractivity contribution in [3.63, 3.8) is 0 Å². The maximum atomic E-state index is 13.7. The molecule has 1 aliphatic heterocycles. The standard InChI is InChI=1S/C28H23F3N4O2.H2S/c1-18-17-34(21-13-14-22(28(29,30)31)24(15-21)37-2)27(36)26-23(16-32-35(18)26)33-25(19-9-5-3-6-10-19)20-11-7-4-8-12-20;/h3-16,18H,17H2,1-2H3;1H2/t18-;/m0./s1. The highest BCUT2D eigenvalue weighted by atomic mass is 32.1. The molecule has 0 saturated heterocycles. The SMILES string of the molecule is COc1cc(N2C[C@H](C)n3ncc(N=C(c4ccccc4)c4ccccc4)c3C2=O)ccc1C(F)(F)F.S. The number of hydrogen-bond acceptors (Lipinski definition) is 4. The molecule has 0 N–H and O–H groups in total. The summed E-state index contributed by atoms with van der Waals surface area (Å²) < 4.78 is 46.7. The molecular formula is C28H25F3N4O2S. The van der Waals surface area contributed by atoms with Crippen molar-refractivity contribution < 1.29 is 22.7 Å². The lowest BCUT2D eigenvalue weighted by atomic mass is 10.0. The van der Waals surface area contributed by atoms with Gasteiger partial charge in [-0.25, -0.2) is 4.99 Å². The van der Waals surface area contributed by atoms with Gasteiger partial charge >= 0.3 is 6.18 Å². The zero-order valence-corrected chi connectivity index (χ0v) is 21.6. The summed E-state index contributed by atoms with van der Waals surface area (Å²) in [6, 6.07) is 22.4. The van der Waals surface area contributed by atoms with Crippen LogP contribution in [0.25, 0.3) is 0 Å². The van der Waals surface area contributed by atoms with Gasteiger partial charge in [0, 0.05) is 29.4 Å². The first-order chi connectivity index (χ1) is 17.8. The number of rotatable bonds is 5. The predicted molar refractivity (Wildman–Crippen MR) is 145 cm³/mol. The maximum Gasteiger partial charge on any atom is 0.419 e. The third-order valence-electron chi connectivity index (χ3n) is 6.22. The third kappa shape index (κ3) is 5.04. The molecule has 2 heterocycles. The fraction of sp³-hybridized carbons (Fsp3) is 0.179. The van der Waals surface area contributed by atoms with Crippen molar-refractivity contribution in [1.82, 2.24) is 9.78 Å². The van der Waals surface area contributed by atoms with Crippen LogP contribution in [0.1, 0.15) is 40.1 Å². The second kappa shape index (κ2) is 10.7. The molecule has 4 aromatic rings. The molecule has 38 heavy (non-hydrogen) atoms. The number of halogens is 3. The molecule has 0 unspecified atom stereocenters. The molecule has 0 saturated carbocycles. The number of aliphatic imine (C=N–C) groups is 1. The summed E-state index contributed by atoms with van der Waals surface area (Å²) >= 11 is 0. The highest BCUT2D eigenvalue weighted by molar-refractivity contribution is 7.59. The summed E-state index contributed by atoms with van der Waals surface area (Å²) in [5.41, 5.74) is 2.46. The van der Waals surface area contributed by atoms with E-state index >= 15 is 0 Å². The number of alkyl halides is 3. The van der Waals surface area contributed by atoms with Crippen LogP contribution in [-0.2, 0) is 6.18 Å². The van der Waals surface area contributed by atoms with Crippen molar-refractivity contribution in [2.75, 3.05) is 18.6 Å². The van der Waals surface area contributed by atoms with Gasteiger partial charge in [0.25, 0.3) is 5.91 Å². The molecule has 0 fully saturated rings. The smallest absolute Gasteiger partial charge is 0.419 e. The van der Waals surface area contributed by atoms with Gasteiger partial charge in [0.2, 0.25) is 0 Å². The van der Waals surface area contributed by atoms with E-state index in [9.17, 15) is 18.0 Å². The third-order valence-corrected chi connectivity index (χ3v) is 6.22. The Hall–Kier alpha value is -4.05. The molecule has 1 amide bonds. The Bertz CT molecular complexity index is 1430. The molecule has 1 aromatic heterocycles. The second-order valence-electron chi connectivity index (χ2n) is 8.66. The van der Waals surface area contributed by atoms with Gasteiger partial charge in [-0.1, -0.05) is 60.7 Å². The molecule has 0 aliphatic carbocycles. The predicted octanol–water partition coefficient (Wildman–Crippen LogP) is 6.41. The number of aromatic nitrogens is 2. The topological polar surface area (TPSA) is 59.7 Å². The Labute approximate surface area is 224 Å². The van der Waals surface area contributed by atoms with Crippen molar-refractivity contribution in [3.05, 3.63) is 107 Å². The van der Waals surface area contributed by atoms with E-state index in [0.717, 1.165) is 17.2 Å². The lowest BCUT2D eigenvalue weighted by Gasteiger charge is -2.32. The van der Waals surface area contributed by atoms with Crippen LogP contribution in [-0.4, -0.2) is 35.1 Å². The summed E-state index contributed by atoms with van der Waals surface area (Å²) in [6.07, 6.45) is -3.03. The second-order valence-corrected chi connectivity index (χ2v) is 8.66. The number of hydrogen-bond donors (Lipinski definition) is 0. The minimum atomic E-state index is -4.57. The molecule has 6 nitrogen and oxygen atoms in total. The van der Waals surface area contributed by atoms with Gasteiger partial charge in [0.05, 0.1) is 30.6 Å². The highest BCUT2D eigenvalue weighted by Gasteiger charge is 2.37. The van der Waals surface area contributed by atoms with Crippen LogP contribution < -0.4 is 9.64 Å². The van der Waals surface area contributed by atoms with E-state index in [4.69, 9.17) is 9.73 Å². The Morgan fingerprint density at radius 1 is 1.00 bits per heavy atom. The van der Waals surface area contributed by atoms with E-state index in [1.165, 1.54) is 24.1 Å². The molecule has 10 heteroatoms. The number of benzene rings is 3. The average Bonchev–Trinajstić information content (AvgIpc) is 3.34. The minimum Gasteiger partial charge on any atom is -0.496 e. The van der Waals surface area contributed by atoms with E-state index < -0.39 is 17.6 Å². The molecule has 0 bridgehead atoms. The van der Waals surface area contributed by atoms with Crippen LogP contribution in [0.15, 0.2) is 90.1 Å². The Balaban J connectivity index is 0.00000336. The van der Waals surface area contributed by atoms with Crippen LogP contribution in [0, 0.1) is 0 Å². The van der Waals surface area contributed by atoms with Gasteiger partial charge < -0.3 is 9.64 Å². The summed E-state index contributed by atoms with van der Waals surface area (Å²) in [6.45, 7) is 2.12. The van der Waals surface area contributed by atoms with Crippen LogP contribution in [0.2, 0.25) is 0 Å². The van der Waals surface area contributed by atoms with Gasteiger partial charge in [-0.2, -0.15) is 31.8 Å². The molecule has 0 radical (unpaired) electrons. The lowest BCUT2D eigenvalue weighted by Crippen LogP contribution is -2.42. The molecule has 1 atom stereocenters. The summed E-state index contributed by atoms with van der Waals surface area (Å²) in [4.78, 5) is 20.0. The zero-order chi connectivity index (χ0) is 26.2. The molecule has 1 aliphatic rings. The number of nitrogens with zero attached hydrogens (tertiary/aromatic N) is 4.